The van der Waals surface area contributed by atoms with E-state index in [-0.39, 0.29) is 5.91 Å². The molecule has 4 rings (SSSR count). The molecule has 24 heavy (non-hydrogen) atoms. The van der Waals surface area contributed by atoms with Gasteiger partial charge in [-0.15, -0.1) is 0 Å². The largest absolute Gasteiger partial charge is 0.321 e. The van der Waals surface area contributed by atoms with E-state index < -0.39 is 0 Å². The number of rotatable bonds is 3. The third-order valence-electron chi connectivity index (χ3n) is 3.83. The summed E-state index contributed by atoms with van der Waals surface area (Å²) in [7, 11) is 0. The van der Waals surface area contributed by atoms with Gasteiger partial charge < -0.3 is 9.72 Å². The van der Waals surface area contributed by atoms with Crippen LogP contribution >= 0.6 is 0 Å². The number of nitrogens with zero attached hydrogens (tertiary/aromatic N) is 2. The highest BCUT2D eigenvalue weighted by Crippen LogP contribution is 2.23. The lowest BCUT2D eigenvalue weighted by atomic mass is 10.1. The second-order valence-corrected chi connectivity index (χ2v) is 5.46. The van der Waals surface area contributed by atoms with E-state index in [4.69, 9.17) is 0 Å². The van der Waals surface area contributed by atoms with Crippen LogP contribution in [0.2, 0.25) is 0 Å². The molecule has 2 aromatic carbocycles. The minimum atomic E-state index is -0.228. The van der Waals surface area contributed by atoms with Gasteiger partial charge in [-0.1, -0.05) is 48.5 Å². The number of benzene rings is 2. The molecule has 4 heteroatoms. The zero-order chi connectivity index (χ0) is 16.4. The Labute approximate surface area is 139 Å². The highest BCUT2D eigenvalue weighted by atomic mass is 16.1. The third kappa shape index (κ3) is 2.65. The molecule has 0 fully saturated rings. The average molecular weight is 313 g/mol. The molecule has 0 saturated carbocycles. The zero-order valence-corrected chi connectivity index (χ0v) is 12.9. The predicted octanol–water partition coefficient (Wildman–Crippen LogP) is 4.25. The molecule has 2 heterocycles. The molecule has 1 amide bonds. The maximum atomic E-state index is 12.6. The summed E-state index contributed by atoms with van der Waals surface area (Å²) >= 11 is 0. The highest BCUT2D eigenvalue weighted by Gasteiger charge is 2.13. The van der Waals surface area contributed by atoms with E-state index in [2.05, 4.69) is 10.3 Å². The second kappa shape index (κ2) is 6.01. The monoisotopic (exact) mass is 313 g/mol. The molecule has 0 radical (unpaired) electrons. The number of fused-ring (bicyclic) bond motifs is 1. The number of anilines is 1. The molecule has 4 nitrogen and oxygen atoms in total. The van der Waals surface area contributed by atoms with E-state index in [0.717, 1.165) is 22.5 Å². The first-order valence-corrected chi connectivity index (χ1v) is 7.71. The van der Waals surface area contributed by atoms with Crippen LogP contribution in [-0.4, -0.2) is 15.3 Å². The van der Waals surface area contributed by atoms with Crippen molar-refractivity contribution in [3.05, 3.63) is 90.9 Å². The number of aromatic nitrogens is 2. The van der Waals surface area contributed by atoms with Gasteiger partial charge >= 0.3 is 0 Å². The van der Waals surface area contributed by atoms with Crippen LogP contribution < -0.4 is 5.32 Å². The van der Waals surface area contributed by atoms with Crippen LogP contribution in [0.25, 0.3) is 16.8 Å². The molecule has 1 N–H and O–H groups in total. The lowest BCUT2D eigenvalue weighted by Crippen LogP contribution is -2.15. The summed E-state index contributed by atoms with van der Waals surface area (Å²) in [5.74, 6) is -0.228. The fourth-order valence-electron chi connectivity index (χ4n) is 2.68. The summed E-state index contributed by atoms with van der Waals surface area (Å²) in [6.45, 7) is 0. The van der Waals surface area contributed by atoms with Gasteiger partial charge in [0.05, 0.1) is 11.2 Å². The summed E-state index contributed by atoms with van der Waals surface area (Å²) in [6.07, 6.45) is 3.67. The van der Waals surface area contributed by atoms with Crippen LogP contribution in [0.3, 0.4) is 0 Å². The van der Waals surface area contributed by atoms with E-state index in [1.165, 1.54) is 0 Å². The van der Waals surface area contributed by atoms with E-state index in [1.54, 1.807) is 6.20 Å². The smallest absolute Gasteiger partial charge is 0.275 e. The number of para-hydroxylation sites is 1. The van der Waals surface area contributed by atoms with Crippen LogP contribution in [0.15, 0.2) is 85.2 Å². The Balaban J connectivity index is 1.78. The second-order valence-electron chi connectivity index (χ2n) is 5.46. The van der Waals surface area contributed by atoms with Crippen LogP contribution in [0, 0.1) is 0 Å². The van der Waals surface area contributed by atoms with Crippen molar-refractivity contribution < 1.29 is 4.79 Å². The Kier molecular flexibility index (Phi) is 3.56. The molecule has 0 saturated heterocycles. The minimum absolute atomic E-state index is 0.228. The lowest BCUT2D eigenvalue weighted by Gasteiger charge is -2.09. The highest BCUT2D eigenvalue weighted by molar-refractivity contribution is 6.03. The Bertz CT molecular complexity index is 991. The lowest BCUT2D eigenvalue weighted by molar-refractivity contribution is 0.102. The number of hydrogen-bond acceptors (Lipinski definition) is 2. The van der Waals surface area contributed by atoms with Crippen LogP contribution in [0.5, 0.6) is 0 Å². The van der Waals surface area contributed by atoms with Crippen molar-refractivity contribution in [3.8, 4) is 11.3 Å². The van der Waals surface area contributed by atoms with E-state index >= 15 is 0 Å². The van der Waals surface area contributed by atoms with Crippen molar-refractivity contribution in [1.82, 2.24) is 9.38 Å². The topological polar surface area (TPSA) is 46.4 Å². The molecule has 0 spiro atoms. The zero-order valence-electron chi connectivity index (χ0n) is 12.9. The summed E-state index contributed by atoms with van der Waals surface area (Å²) in [5, 5.41) is 2.88. The van der Waals surface area contributed by atoms with E-state index in [1.807, 2.05) is 83.4 Å². The maximum absolute atomic E-state index is 12.6. The number of nitrogens with one attached hydrogen (secondary N) is 1. The van der Waals surface area contributed by atoms with Gasteiger partial charge in [0, 0.05) is 23.6 Å². The molecule has 0 atom stereocenters. The Morgan fingerprint density at radius 3 is 2.33 bits per heavy atom. The molecule has 0 aliphatic rings. The Hall–Kier alpha value is -3.40. The van der Waals surface area contributed by atoms with Gasteiger partial charge in [-0.2, -0.15) is 0 Å². The summed E-state index contributed by atoms with van der Waals surface area (Å²) in [4.78, 5) is 17.2. The standard InChI is InChI=1S/C20H15N3O/c24-20(21-16-10-5-2-6-11-16)17-14-23-13-7-12-18(23)19(22-17)15-8-3-1-4-9-15/h1-14H,(H,21,24). The first-order chi connectivity index (χ1) is 11.8. The predicted molar refractivity (Wildman–Crippen MR) is 95.0 cm³/mol. The Morgan fingerprint density at radius 1 is 0.875 bits per heavy atom. The number of carbonyl (C=O) groups excluding carboxylic acids is 1. The van der Waals surface area contributed by atoms with Crippen molar-refractivity contribution in [1.29, 1.82) is 0 Å². The van der Waals surface area contributed by atoms with Gasteiger partial charge in [0.2, 0.25) is 0 Å². The van der Waals surface area contributed by atoms with Crippen molar-refractivity contribution in [3.63, 3.8) is 0 Å². The molecular formula is C20H15N3O. The average Bonchev–Trinajstić information content (AvgIpc) is 3.11. The van der Waals surface area contributed by atoms with Crippen molar-refractivity contribution >= 4 is 17.1 Å². The summed E-state index contributed by atoms with van der Waals surface area (Å²) < 4.78 is 1.93. The molecule has 0 aliphatic carbocycles. The van der Waals surface area contributed by atoms with Gasteiger partial charge in [0.15, 0.2) is 0 Å². The fraction of sp³-hybridized carbons (Fsp3) is 0. The molecule has 2 aromatic heterocycles. The van der Waals surface area contributed by atoms with Crippen molar-refractivity contribution in [2.24, 2.45) is 0 Å². The molecular weight excluding hydrogens is 298 g/mol. The molecule has 116 valence electrons. The molecule has 0 unspecified atom stereocenters. The quantitative estimate of drug-likeness (QED) is 0.614. The first kappa shape index (κ1) is 14.2. The molecule has 0 bridgehead atoms. The minimum Gasteiger partial charge on any atom is -0.321 e. The Morgan fingerprint density at radius 2 is 1.58 bits per heavy atom. The normalized spacial score (nSPS) is 10.7. The van der Waals surface area contributed by atoms with Crippen LogP contribution in [0.1, 0.15) is 10.5 Å². The molecule has 4 aromatic rings. The van der Waals surface area contributed by atoms with Crippen LogP contribution in [-0.2, 0) is 0 Å². The fourth-order valence-corrected chi connectivity index (χ4v) is 2.68. The van der Waals surface area contributed by atoms with Gasteiger partial charge in [-0.3, -0.25) is 4.79 Å². The van der Waals surface area contributed by atoms with Gasteiger partial charge in [0.25, 0.3) is 5.91 Å². The number of carbonyl (C=O) groups is 1. The summed E-state index contributed by atoms with van der Waals surface area (Å²) in [6, 6.07) is 23.2. The maximum Gasteiger partial charge on any atom is 0.275 e. The number of amides is 1. The third-order valence-corrected chi connectivity index (χ3v) is 3.83. The van der Waals surface area contributed by atoms with Gasteiger partial charge in [-0.05, 0) is 24.3 Å². The van der Waals surface area contributed by atoms with Crippen molar-refractivity contribution in [2.45, 2.75) is 0 Å². The van der Waals surface area contributed by atoms with E-state index in [9.17, 15) is 4.79 Å². The van der Waals surface area contributed by atoms with Crippen LogP contribution in [0.4, 0.5) is 5.69 Å². The molecule has 0 aliphatic heterocycles. The van der Waals surface area contributed by atoms with Crippen molar-refractivity contribution in [2.75, 3.05) is 5.32 Å². The summed E-state index contributed by atoms with van der Waals surface area (Å²) in [5.41, 5.74) is 3.87. The van der Waals surface area contributed by atoms with Gasteiger partial charge in [0.1, 0.15) is 5.69 Å². The first-order valence-electron chi connectivity index (χ1n) is 7.71. The van der Waals surface area contributed by atoms with E-state index in [0.29, 0.717) is 5.69 Å². The SMILES string of the molecule is O=C(Nc1ccccc1)c1cn2cccc2c(-c2ccccc2)n1. The van der Waals surface area contributed by atoms with Gasteiger partial charge in [-0.25, -0.2) is 4.98 Å². The number of hydrogen-bond donors (Lipinski definition) is 1.